The zero-order chi connectivity index (χ0) is 20.2. The molecule has 2 aromatic rings. The summed E-state index contributed by atoms with van der Waals surface area (Å²) in [4.78, 5) is 30.3. The lowest BCUT2D eigenvalue weighted by Gasteiger charge is -2.31. The summed E-state index contributed by atoms with van der Waals surface area (Å²) in [5.74, 6) is -0.141. The van der Waals surface area contributed by atoms with Gasteiger partial charge in [-0.2, -0.15) is 0 Å². The second kappa shape index (κ2) is 8.88. The van der Waals surface area contributed by atoms with Gasteiger partial charge in [0.15, 0.2) is 0 Å². The lowest BCUT2D eigenvalue weighted by Crippen LogP contribution is -2.38. The van der Waals surface area contributed by atoms with Crippen LogP contribution in [0.1, 0.15) is 12.0 Å². The van der Waals surface area contributed by atoms with Crippen molar-refractivity contribution in [2.75, 3.05) is 43.6 Å². The van der Waals surface area contributed by atoms with E-state index in [1.54, 1.807) is 11.9 Å². The van der Waals surface area contributed by atoms with Crippen LogP contribution in [0.5, 0.6) is 0 Å². The van der Waals surface area contributed by atoms with Crippen LogP contribution in [0.4, 0.5) is 11.4 Å². The first kappa shape index (κ1) is 19.8. The van der Waals surface area contributed by atoms with Gasteiger partial charge in [0.2, 0.25) is 11.8 Å². The van der Waals surface area contributed by atoms with E-state index in [9.17, 15) is 9.59 Å². The molecule has 1 N–H and O–H groups in total. The highest BCUT2D eigenvalue weighted by atomic mass is 32.2. The van der Waals surface area contributed by atoms with Crippen LogP contribution in [0.25, 0.3) is 0 Å². The minimum Gasteiger partial charge on any atom is -0.378 e. The number of hydrogen-bond donors (Lipinski definition) is 1. The Kier molecular flexibility index (Phi) is 6.06. The number of rotatable bonds is 5. The summed E-state index contributed by atoms with van der Waals surface area (Å²) in [6.07, 6.45) is 0.182. The Morgan fingerprint density at radius 3 is 2.72 bits per heavy atom. The van der Waals surface area contributed by atoms with Crippen molar-refractivity contribution in [1.82, 2.24) is 4.90 Å². The standard InChI is InChI=1S/C22H25N3O3S/c1-24(15-16-6-2-4-8-18(16)25-10-12-28-13-11-25)21(26)14-20-22(27)23-17-7-3-5-9-19(17)29-20/h2-9,20H,10-15H2,1H3,(H,23,27). The lowest BCUT2D eigenvalue weighted by atomic mass is 10.1. The number of thioether (sulfide) groups is 1. The van der Waals surface area contributed by atoms with Gasteiger partial charge in [-0.05, 0) is 23.8 Å². The molecule has 1 atom stereocenters. The number of ether oxygens (including phenoxy) is 1. The van der Waals surface area contributed by atoms with Gasteiger partial charge < -0.3 is 19.9 Å². The highest BCUT2D eigenvalue weighted by molar-refractivity contribution is 8.01. The number of amides is 2. The molecular formula is C22H25N3O3S. The molecule has 2 aliphatic rings. The molecule has 0 radical (unpaired) electrons. The van der Waals surface area contributed by atoms with Gasteiger partial charge >= 0.3 is 0 Å². The maximum Gasteiger partial charge on any atom is 0.238 e. The number of para-hydroxylation sites is 2. The van der Waals surface area contributed by atoms with Crippen molar-refractivity contribution in [3.63, 3.8) is 0 Å². The third kappa shape index (κ3) is 4.57. The zero-order valence-corrected chi connectivity index (χ0v) is 17.3. The average molecular weight is 412 g/mol. The number of morpholine rings is 1. The van der Waals surface area contributed by atoms with Crippen molar-refractivity contribution >= 4 is 35.0 Å². The maximum atomic E-state index is 12.9. The number of benzene rings is 2. The van der Waals surface area contributed by atoms with Crippen molar-refractivity contribution in [2.24, 2.45) is 0 Å². The molecule has 2 amide bonds. The summed E-state index contributed by atoms with van der Waals surface area (Å²) in [6.45, 7) is 3.67. The van der Waals surface area contributed by atoms with E-state index in [0.717, 1.165) is 48.1 Å². The van der Waals surface area contributed by atoms with Gasteiger partial charge in [-0.15, -0.1) is 11.8 Å². The van der Waals surface area contributed by atoms with E-state index in [2.05, 4.69) is 22.3 Å². The molecule has 152 valence electrons. The van der Waals surface area contributed by atoms with Crippen LogP contribution in [0.3, 0.4) is 0 Å². The average Bonchev–Trinajstić information content (AvgIpc) is 2.75. The quantitative estimate of drug-likeness (QED) is 0.820. The van der Waals surface area contributed by atoms with E-state index in [0.29, 0.717) is 6.54 Å². The molecule has 1 saturated heterocycles. The van der Waals surface area contributed by atoms with E-state index in [1.807, 2.05) is 36.4 Å². The van der Waals surface area contributed by atoms with Crippen molar-refractivity contribution in [3.05, 3.63) is 54.1 Å². The summed E-state index contributed by atoms with van der Waals surface area (Å²) in [7, 11) is 1.80. The maximum absolute atomic E-state index is 12.9. The Labute approximate surface area is 175 Å². The first-order valence-electron chi connectivity index (χ1n) is 9.83. The normalized spacial score (nSPS) is 18.7. The summed E-state index contributed by atoms with van der Waals surface area (Å²) in [5, 5.41) is 2.50. The highest BCUT2D eigenvalue weighted by Crippen LogP contribution is 2.36. The summed E-state index contributed by atoms with van der Waals surface area (Å²) in [5.41, 5.74) is 3.07. The van der Waals surface area contributed by atoms with Gasteiger partial charge in [-0.25, -0.2) is 0 Å². The minimum absolute atomic E-state index is 0.0335. The van der Waals surface area contributed by atoms with E-state index in [-0.39, 0.29) is 18.2 Å². The molecule has 4 rings (SSSR count). The van der Waals surface area contributed by atoms with Gasteiger partial charge in [0.1, 0.15) is 0 Å². The fraction of sp³-hybridized carbons (Fsp3) is 0.364. The molecule has 2 heterocycles. The Morgan fingerprint density at radius 1 is 1.17 bits per heavy atom. The van der Waals surface area contributed by atoms with Gasteiger partial charge in [0.25, 0.3) is 0 Å². The van der Waals surface area contributed by atoms with E-state index < -0.39 is 5.25 Å². The molecular weight excluding hydrogens is 386 g/mol. The number of fused-ring (bicyclic) bond motifs is 1. The Morgan fingerprint density at radius 2 is 1.90 bits per heavy atom. The van der Waals surface area contributed by atoms with Crippen molar-refractivity contribution in [2.45, 2.75) is 23.1 Å². The number of carbonyl (C=O) groups excluding carboxylic acids is 2. The Balaban J connectivity index is 1.41. The third-order valence-electron chi connectivity index (χ3n) is 5.24. The molecule has 1 fully saturated rings. The van der Waals surface area contributed by atoms with Crippen LogP contribution in [-0.4, -0.2) is 55.3 Å². The molecule has 2 aromatic carbocycles. The van der Waals surface area contributed by atoms with E-state index in [4.69, 9.17) is 4.74 Å². The van der Waals surface area contributed by atoms with Gasteiger partial charge in [0, 0.05) is 43.7 Å². The smallest absolute Gasteiger partial charge is 0.238 e. The topological polar surface area (TPSA) is 61.9 Å². The highest BCUT2D eigenvalue weighted by Gasteiger charge is 2.30. The molecule has 0 aliphatic carbocycles. The van der Waals surface area contributed by atoms with Crippen molar-refractivity contribution in [3.8, 4) is 0 Å². The number of nitrogens with zero attached hydrogens (tertiary/aromatic N) is 2. The second-order valence-corrected chi connectivity index (χ2v) is 8.52. The monoisotopic (exact) mass is 411 g/mol. The van der Waals surface area contributed by atoms with Gasteiger partial charge in [-0.1, -0.05) is 30.3 Å². The predicted octanol–water partition coefficient (Wildman–Crippen LogP) is 2.98. The van der Waals surface area contributed by atoms with Crippen molar-refractivity contribution < 1.29 is 14.3 Å². The first-order chi connectivity index (χ1) is 14.1. The van der Waals surface area contributed by atoms with Crippen LogP contribution < -0.4 is 10.2 Å². The van der Waals surface area contributed by atoms with E-state index in [1.165, 1.54) is 11.8 Å². The van der Waals surface area contributed by atoms with Gasteiger partial charge in [-0.3, -0.25) is 9.59 Å². The molecule has 7 heteroatoms. The molecule has 0 saturated carbocycles. The molecule has 2 aliphatic heterocycles. The molecule has 29 heavy (non-hydrogen) atoms. The summed E-state index contributed by atoms with van der Waals surface area (Å²) < 4.78 is 5.45. The summed E-state index contributed by atoms with van der Waals surface area (Å²) >= 11 is 1.46. The molecule has 0 spiro atoms. The fourth-order valence-corrected chi connectivity index (χ4v) is 4.74. The number of hydrogen-bond acceptors (Lipinski definition) is 5. The van der Waals surface area contributed by atoms with E-state index >= 15 is 0 Å². The Bertz CT molecular complexity index is 898. The lowest BCUT2D eigenvalue weighted by molar-refractivity contribution is -0.131. The minimum atomic E-state index is -0.408. The molecule has 6 nitrogen and oxygen atoms in total. The third-order valence-corrected chi connectivity index (χ3v) is 6.52. The zero-order valence-electron chi connectivity index (χ0n) is 16.5. The SMILES string of the molecule is CN(Cc1ccccc1N1CCOCC1)C(=O)CC1Sc2ccccc2NC1=O. The van der Waals surface area contributed by atoms with Gasteiger partial charge in [0.05, 0.1) is 24.2 Å². The summed E-state index contributed by atoms with van der Waals surface area (Å²) in [6, 6.07) is 15.9. The first-order valence-corrected chi connectivity index (χ1v) is 10.7. The number of anilines is 2. The molecule has 0 aromatic heterocycles. The number of carbonyl (C=O) groups is 2. The van der Waals surface area contributed by atoms with Crippen LogP contribution >= 0.6 is 11.8 Å². The molecule has 1 unspecified atom stereocenters. The van der Waals surface area contributed by atoms with Crippen molar-refractivity contribution in [1.29, 1.82) is 0 Å². The van der Waals surface area contributed by atoms with Crippen LogP contribution in [0, 0.1) is 0 Å². The predicted molar refractivity (Wildman–Crippen MR) is 115 cm³/mol. The van der Waals surface area contributed by atoms with Crippen LogP contribution in [0.15, 0.2) is 53.4 Å². The number of nitrogens with one attached hydrogen (secondary N) is 1. The fourth-order valence-electron chi connectivity index (χ4n) is 3.64. The van der Waals surface area contributed by atoms with Crippen LogP contribution in [-0.2, 0) is 20.9 Å². The van der Waals surface area contributed by atoms with Crippen LogP contribution in [0.2, 0.25) is 0 Å². The Hall–Kier alpha value is -2.51. The second-order valence-electron chi connectivity index (χ2n) is 7.27. The molecule has 0 bridgehead atoms. The largest absolute Gasteiger partial charge is 0.378 e.